The number of hydrogen-bond donors (Lipinski definition) is 2. The summed E-state index contributed by atoms with van der Waals surface area (Å²) < 4.78 is 23.8. The first-order chi connectivity index (χ1) is 14.2. The van der Waals surface area contributed by atoms with Crippen LogP contribution >= 0.6 is 11.6 Å². The number of carbonyl (C=O) groups excluding carboxylic acids is 3. The summed E-state index contributed by atoms with van der Waals surface area (Å²) in [5, 5.41) is 4.98. The molecule has 30 heavy (non-hydrogen) atoms. The van der Waals surface area contributed by atoms with Crippen LogP contribution in [0.2, 0.25) is 5.02 Å². The number of imide groups is 1. The summed E-state index contributed by atoms with van der Waals surface area (Å²) in [6.07, 6.45) is 0.208. The van der Waals surface area contributed by atoms with Crippen molar-refractivity contribution in [1.82, 2.24) is 10.2 Å². The average Bonchev–Trinajstić information content (AvgIpc) is 3.23. The van der Waals surface area contributed by atoms with Gasteiger partial charge in [-0.25, -0.2) is 9.18 Å². The van der Waals surface area contributed by atoms with Crippen LogP contribution in [0.25, 0.3) is 0 Å². The van der Waals surface area contributed by atoms with E-state index >= 15 is 0 Å². The van der Waals surface area contributed by atoms with Gasteiger partial charge in [0.15, 0.2) is 11.5 Å². The Hall–Kier alpha value is -3.33. The van der Waals surface area contributed by atoms with Crippen LogP contribution in [-0.2, 0) is 16.0 Å². The van der Waals surface area contributed by atoms with Crippen molar-refractivity contribution in [3.8, 4) is 11.5 Å². The van der Waals surface area contributed by atoms with Gasteiger partial charge in [-0.2, -0.15) is 0 Å². The van der Waals surface area contributed by atoms with Gasteiger partial charge in [-0.05, 0) is 42.8 Å². The quantitative estimate of drug-likeness (QED) is 0.707. The third-order valence-corrected chi connectivity index (χ3v) is 5.13. The molecular formula is C20H17ClFN3O5. The zero-order chi connectivity index (χ0) is 21.5. The Morgan fingerprint density at radius 2 is 2.00 bits per heavy atom. The number of hydrogen-bond acceptors (Lipinski definition) is 5. The zero-order valence-electron chi connectivity index (χ0n) is 15.8. The minimum absolute atomic E-state index is 0.133. The lowest BCUT2D eigenvalue weighted by Crippen LogP contribution is -2.46. The minimum atomic E-state index is -1.22. The average molecular weight is 434 g/mol. The summed E-state index contributed by atoms with van der Waals surface area (Å²) in [6, 6.07) is 8.27. The maximum absolute atomic E-state index is 13.2. The molecule has 2 aliphatic rings. The highest BCUT2D eigenvalue weighted by Crippen LogP contribution is 2.34. The Labute approximate surface area is 175 Å². The van der Waals surface area contributed by atoms with E-state index in [1.54, 1.807) is 25.1 Å². The SMILES string of the molecule is CC1(Cc2ccc3c(c2)OCO3)NC(=O)N(CC(=O)Nc2ccc(F)c(Cl)c2)C1=O. The van der Waals surface area contributed by atoms with Crippen molar-refractivity contribution in [2.45, 2.75) is 18.9 Å². The van der Waals surface area contributed by atoms with Gasteiger partial charge in [-0.1, -0.05) is 17.7 Å². The van der Waals surface area contributed by atoms with Crippen LogP contribution in [-0.4, -0.2) is 41.6 Å². The molecule has 2 aromatic carbocycles. The zero-order valence-corrected chi connectivity index (χ0v) is 16.6. The third kappa shape index (κ3) is 3.76. The van der Waals surface area contributed by atoms with Gasteiger partial charge >= 0.3 is 6.03 Å². The number of carbonyl (C=O) groups is 3. The van der Waals surface area contributed by atoms with Gasteiger partial charge in [0.2, 0.25) is 12.7 Å². The van der Waals surface area contributed by atoms with E-state index in [-0.39, 0.29) is 23.9 Å². The number of anilines is 1. The Morgan fingerprint density at radius 3 is 2.77 bits per heavy atom. The molecule has 2 aromatic rings. The maximum atomic E-state index is 13.2. The van der Waals surface area contributed by atoms with E-state index in [1.807, 2.05) is 0 Å². The lowest BCUT2D eigenvalue weighted by Gasteiger charge is -2.22. The topological polar surface area (TPSA) is 97.0 Å². The molecule has 0 bridgehead atoms. The van der Waals surface area contributed by atoms with Crippen molar-refractivity contribution in [3.63, 3.8) is 0 Å². The van der Waals surface area contributed by atoms with Crippen molar-refractivity contribution in [2.24, 2.45) is 0 Å². The van der Waals surface area contributed by atoms with Crippen LogP contribution in [0.3, 0.4) is 0 Å². The highest BCUT2D eigenvalue weighted by Gasteiger charge is 2.48. The van der Waals surface area contributed by atoms with Crippen molar-refractivity contribution >= 4 is 35.1 Å². The van der Waals surface area contributed by atoms with E-state index in [0.29, 0.717) is 11.5 Å². The number of urea groups is 1. The summed E-state index contributed by atoms with van der Waals surface area (Å²) >= 11 is 5.69. The molecule has 8 nitrogen and oxygen atoms in total. The standard InChI is InChI=1S/C20H17ClFN3O5/c1-20(8-11-2-5-15-16(6-11)30-10-29-15)18(27)25(19(28)24-20)9-17(26)23-12-3-4-14(22)13(21)7-12/h2-7H,8-10H2,1H3,(H,23,26)(H,24,28). The summed E-state index contributed by atoms with van der Waals surface area (Å²) in [5.41, 5.74) is -0.200. The molecule has 0 aliphatic carbocycles. The summed E-state index contributed by atoms with van der Waals surface area (Å²) in [6.45, 7) is 1.24. The van der Waals surface area contributed by atoms with Gasteiger partial charge in [-0.15, -0.1) is 0 Å². The van der Waals surface area contributed by atoms with Crippen molar-refractivity contribution < 1.29 is 28.2 Å². The number of fused-ring (bicyclic) bond motifs is 1. The van der Waals surface area contributed by atoms with Crippen molar-refractivity contribution in [1.29, 1.82) is 0 Å². The van der Waals surface area contributed by atoms with Crippen LogP contribution in [0.15, 0.2) is 36.4 Å². The fraction of sp³-hybridized carbons (Fsp3) is 0.250. The monoisotopic (exact) mass is 433 g/mol. The minimum Gasteiger partial charge on any atom is -0.454 e. The summed E-state index contributed by atoms with van der Waals surface area (Å²) in [4.78, 5) is 38.4. The smallest absolute Gasteiger partial charge is 0.325 e. The first kappa shape index (κ1) is 20.0. The maximum Gasteiger partial charge on any atom is 0.325 e. The first-order valence-electron chi connectivity index (χ1n) is 9.03. The van der Waals surface area contributed by atoms with Crippen LogP contribution in [0, 0.1) is 5.82 Å². The van der Waals surface area contributed by atoms with Gasteiger partial charge < -0.3 is 20.1 Å². The molecule has 156 valence electrons. The van der Waals surface area contributed by atoms with Crippen LogP contribution in [0.5, 0.6) is 11.5 Å². The molecule has 0 radical (unpaired) electrons. The molecule has 1 unspecified atom stereocenters. The molecule has 2 N–H and O–H groups in total. The molecule has 2 heterocycles. The fourth-order valence-corrected chi connectivity index (χ4v) is 3.57. The van der Waals surface area contributed by atoms with E-state index in [1.165, 1.54) is 12.1 Å². The molecule has 2 aliphatic heterocycles. The molecule has 1 atom stereocenters. The summed E-state index contributed by atoms with van der Waals surface area (Å²) in [5.74, 6) is -0.582. The Bertz CT molecular complexity index is 1060. The van der Waals surface area contributed by atoms with Gasteiger partial charge in [0.05, 0.1) is 5.02 Å². The van der Waals surface area contributed by atoms with Gasteiger partial charge in [0, 0.05) is 12.1 Å². The molecule has 0 spiro atoms. The van der Waals surface area contributed by atoms with E-state index in [4.69, 9.17) is 21.1 Å². The van der Waals surface area contributed by atoms with E-state index in [0.717, 1.165) is 16.5 Å². The molecule has 1 fully saturated rings. The largest absolute Gasteiger partial charge is 0.454 e. The van der Waals surface area contributed by atoms with E-state index < -0.39 is 35.7 Å². The van der Waals surface area contributed by atoms with E-state index in [2.05, 4.69) is 10.6 Å². The molecular weight excluding hydrogens is 417 g/mol. The number of nitrogens with one attached hydrogen (secondary N) is 2. The number of benzene rings is 2. The second kappa shape index (κ2) is 7.49. The molecule has 4 amide bonds. The molecule has 0 saturated carbocycles. The highest BCUT2D eigenvalue weighted by atomic mass is 35.5. The lowest BCUT2D eigenvalue weighted by atomic mass is 9.92. The Kier molecular flexibility index (Phi) is 4.98. The van der Waals surface area contributed by atoms with Gasteiger partial charge in [-0.3, -0.25) is 14.5 Å². The summed E-state index contributed by atoms with van der Waals surface area (Å²) in [7, 11) is 0. The Morgan fingerprint density at radius 1 is 1.23 bits per heavy atom. The predicted octanol–water partition coefficient (Wildman–Crippen LogP) is 2.70. The van der Waals surface area contributed by atoms with Gasteiger partial charge in [0.1, 0.15) is 17.9 Å². The number of amides is 4. The number of nitrogens with zero attached hydrogens (tertiary/aromatic N) is 1. The third-order valence-electron chi connectivity index (χ3n) is 4.84. The van der Waals surface area contributed by atoms with E-state index in [9.17, 15) is 18.8 Å². The van der Waals surface area contributed by atoms with Gasteiger partial charge in [0.25, 0.3) is 5.91 Å². The van der Waals surface area contributed by atoms with Crippen molar-refractivity contribution in [2.75, 3.05) is 18.7 Å². The van der Waals surface area contributed by atoms with Crippen LogP contribution in [0.4, 0.5) is 14.9 Å². The second-order valence-electron chi connectivity index (χ2n) is 7.20. The lowest BCUT2D eigenvalue weighted by molar-refractivity contribution is -0.133. The predicted molar refractivity (Wildman–Crippen MR) is 105 cm³/mol. The number of halogens is 2. The first-order valence-corrected chi connectivity index (χ1v) is 9.40. The molecule has 4 rings (SSSR count). The normalized spacial score (nSPS) is 19.8. The number of rotatable bonds is 5. The molecule has 1 saturated heterocycles. The fourth-order valence-electron chi connectivity index (χ4n) is 3.39. The van der Waals surface area contributed by atoms with Crippen molar-refractivity contribution in [3.05, 3.63) is 52.8 Å². The van der Waals surface area contributed by atoms with Crippen LogP contribution < -0.4 is 20.1 Å². The second-order valence-corrected chi connectivity index (χ2v) is 7.60. The molecule has 10 heteroatoms. The Balaban J connectivity index is 1.43. The van der Waals surface area contributed by atoms with Crippen LogP contribution in [0.1, 0.15) is 12.5 Å². The number of ether oxygens (including phenoxy) is 2. The molecule has 0 aromatic heterocycles. The highest BCUT2D eigenvalue weighted by molar-refractivity contribution is 6.31.